The molecule has 0 unspecified atom stereocenters. The lowest BCUT2D eigenvalue weighted by molar-refractivity contribution is 1.51. The average Bonchev–Trinajstić information content (AvgIpc) is 1.98. The molecular weight excluding hydrogens is 254 g/mol. The van der Waals surface area contributed by atoms with Crippen LogP contribution in [-0.4, -0.2) is 0 Å². The van der Waals surface area contributed by atoms with Gasteiger partial charge in [0.2, 0.25) is 0 Å². The molecule has 3 heteroatoms. The van der Waals surface area contributed by atoms with Crippen molar-refractivity contribution in [3.05, 3.63) is 18.9 Å². The zero-order valence-electron chi connectivity index (χ0n) is 4.24. The summed E-state index contributed by atoms with van der Waals surface area (Å²) < 4.78 is 2.17. The topological polar surface area (TPSA) is 0 Å². The monoisotopic (exact) mass is 258 g/mol. The summed E-state index contributed by atoms with van der Waals surface area (Å²) in [5.41, 5.74) is 1.21. The van der Waals surface area contributed by atoms with Crippen LogP contribution >= 0.6 is 45.5 Å². The zero-order valence-corrected chi connectivity index (χ0v) is 7.97. The summed E-state index contributed by atoms with van der Waals surface area (Å²) in [7, 11) is 0. The summed E-state index contributed by atoms with van der Waals surface area (Å²) in [5, 5.41) is 2.05. The molecule has 44 valence electrons. The highest BCUT2D eigenvalue weighted by atomic mass is 127. The molecule has 0 N–H and O–H groups in total. The summed E-state index contributed by atoms with van der Waals surface area (Å²) in [6.45, 7) is 2.03. The second kappa shape index (κ2) is 2.54. The van der Waals surface area contributed by atoms with Crippen molar-refractivity contribution >= 4 is 45.5 Å². The minimum absolute atomic E-state index is 0.911. The predicted molar refractivity (Wildman–Crippen MR) is 46.8 cm³/mol. The third-order valence-electron chi connectivity index (χ3n) is 0.919. The molecule has 0 aliphatic heterocycles. The van der Waals surface area contributed by atoms with Crippen LogP contribution in [0.3, 0.4) is 0 Å². The van der Waals surface area contributed by atoms with E-state index in [9.17, 15) is 0 Å². The predicted octanol–water partition coefficient (Wildman–Crippen LogP) is 3.31. The van der Waals surface area contributed by atoms with Gasteiger partial charge in [0, 0.05) is 8.95 Å². The Bertz CT molecular complexity index is 175. The van der Waals surface area contributed by atoms with Crippen molar-refractivity contribution < 1.29 is 0 Å². The van der Waals surface area contributed by atoms with Gasteiger partial charge in [-0.1, -0.05) is 11.6 Å². The summed E-state index contributed by atoms with van der Waals surface area (Å²) in [4.78, 5) is 0. The first-order valence-corrected chi connectivity index (χ1v) is 4.44. The first kappa shape index (κ1) is 6.83. The molecule has 1 aromatic heterocycles. The lowest BCUT2D eigenvalue weighted by atomic mass is 10.4. The van der Waals surface area contributed by atoms with E-state index in [-0.39, 0.29) is 0 Å². The van der Waals surface area contributed by atoms with Gasteiger partial charge in [-0.25, -0.2) is 0 Å². The van der Waals surface area contributed by atoms with Gasteiger partial charge in [0.05, 0.1) is 4.34 Å². The number of thiophene rings is 1. The van der Waals surface area contributed by atoms with Crippen molar-refractivity contribution in [2.24, 2.45) is 0 Å². The van der Waals surface area contributed by atoms with Crippen LogP contribution in [0.15, 0.2) is 5.38 Å². The van der Waals surface area contributed by atoms with E-state index >= 15 is 0 Å². The average molecular weight is 259 g/mol. The highest BCUT2D eigenvalue weighted by Gasteiger charge is 1.99. The first-order valence-electron chi connectivity index (χ1n) is 2.11. The summed E-state index contributed by atoms with van der Waals surface area (Å²) in [6, 6.07) is 0. The SMILES string of the molecule is Cc1c(I)csc1Cl. The van der Waals surface area contributed by atoms with E-state index in [1.165, 1.54) is 9.13 Å². The molecule has 0 bridgehead atoms. The fraction of sp³-hybridized carbons (Fsp3) is 0.200. The molecular formula is C5H4ClIS. The van der Waals surface area contributed by atoms with Crippen LogP contribution in [0, 0.1) is 10.5 Å². The maximum Gasteiger partial charge on any atom is 0.0968 e. The number of rotatable bonds is 0. The van der Waals surface area contributed by atoms with Gasteiger partial charge in [-0.15, -0.1) is 11.3 Å². The van der Waals surface area contributed by atoms with Crippen molar-refractivity contribution in [2.45, 2.75) is 6.92 Å². The Morgan fingerprint density at radius 3 is 2.50 bits per heavy atom. The van der Waals surface area contributed by atoms with Gasteiger partial charge in [-0.05, 0) is 35.1 Å². The quantitative estimate of drug-likeness (QED) is 0.626. The maximum absolute atomic E-state index is 5.74. The molecule has 1 rings (SSSR count). The number of hydrogen-bond acceptors (Lipinski definition) is 1. The molecule has 0 aliphatic rings. The van der Waals surface area contributed by atoms with Gasteiger partial charge in [0.1, 0.15) is 0 Å². The fourth-order valence-corrected chi connectivity index (χ4v) is 2.27. The van der Waals surface area contributed by atoms with Crippen LogP contribution in [0.2, 0.25) is 4.34 Å². The second-order valence-corrected chi connectivity index (χ2v) is 4.13. The van der Waals surface area contributed by atoms with E-state index in [4.69, 9.17) is 11.6 Å². The largest absolute Gasteiger partial charge is 0.131 e. The van der Waals surface area contributed by atoms with E-state index in [1.807, 2.05) is 6.92 Å². The van der Waals surface area contributed by atoms with E-state index < -0.39 is 0 Å². The summed E-state index contributed by atoms with van der Waals surface area (Å²) >= 11 is 9.60. The van der Waals surface area contributed by atoms with Crippen LogP contribution < -0.4 is 0 Å². The first-order chi connectivity index (χ1) is 3.72. The Hall–Kier alpha value is 0.720. The van der Waals surface area contributed by atoms with Gasteiger partial charge >= 0.3 is 0 Å². The summed E-state index contributed by atoms with van der Waals surface area (Å²) in [6.07, 6.45) is 0. The van der Waals surface area contributed by atoms with Gasteiger partial charge in [-0.3, -0.25) is 0 Å². The van der Waals surface area contributed by atoms with Gasteiger partial charge < -0.3 is 0 Å². The van der Waals surface area contributed by atoms with Crippen LogP contribution in [-0.2, 0) is 0 Å². The van der Waals surface area contributed by atoms with Gasteiger partial charge in [0.15, 0.2) is 0 Å². The Balaban J connectivity index is 3.19. The lowest BCUT2D eigenvalue weighted by Gasteiger charge is -1.82. The van der Waals surface area contributed by atoms with Crippen LogP contribution in [0.5, 0.6) is 0 Å². The Morgan fingerprint density at radius 1 is 1.75 bits per heavy atom. The van der Waals surface area contributed by atoms with Crippen molar-refractivity contribution in [2.75, 3.05) is 0 Å². The molecule has 0 spiro atoms. The van der Waals surface area contributed by atoms with E-state index in [0.29, 0.717) is 0 Å². The Morgan fingerprint density at radius 2 is 2.38 bits per heavy atom. The molecule has 0 saturated carbocycles. The molecule has 0 fully saturated rings. The van der Waals surface area contributed by atoms with Crippen molar-refractivity contribution in [1.29, 1.82) is 0 Å². The molecule has 0 aromatic carbocycles. The number of hydrogen-bond donors (Lipinski definition) is 0. The molecule has 0 nitrogen and oxygen atoms in total. The smallest absolute Gasteiger partial charge is 0.0968 e. The van der Waals surface area contributed by atoms with Gasteiger partial charge in [-0.2, -0.15) is 0 Å². The maximum atomic E-state index is 5.74. The standard InChI is InChI=1S/C5H4ClIS/c1-3-4(7)2-8-5(3)6/h2H,1H3. The Kier molecular flexibility index (Phi) is 2.17. The zero-order chi connectivity index (χ0) is 6.15. The normalized spacial score (nSPS) is 9.88. The van der Waals surface area contributed by atoms with Crippen LogP contribution in [0.4, 0.5) is 0 Å². The lowest BCUT2D eigenvalue weighted by Crippen LogP contribution is -1.65. The molecule has 1 aromatic rings. The molecule has 0 amide bonds. The minimum Gasteiger partial charge on any atom is -0.131 e. The van der Waals surface area contributed by atoms with Crippen molar-refractivity contribution in [1.82, 2.24) is 0 Å². The number of halogens is 2. The molecule has 0 atom stereocenters. The van der Waals surface area contributed by atoms with E-state index in [1.54, 1.807) is 11.3 Å². The van der Waals surface area contributed by atoms with Gasteiger partial charge in [0.25, 0.3) is 0 Å². The molecule has 0 saturated heterocycles. The second-order valence-electron chi connectivity index (χ2n) is 1.48. The molecule has 8 heavy (non-hydrogen) atoms. The third-order valence-corrected chi connectivity index (χ3v) is 3.88. The van der Waals surface area contributed by atoms with Crippen LogP contribution in [0.1, 0.15) is 5.56 Å². The molecule has 1 heterocycles. The van der Waals surface area contributed by atoms with E-state index in [2.05, 4.69) is 28.0 Å². The fourth-order valence-electron chi connectivity index (χ4n) is 0.374. The minimum atomic E-state index is 0.911. The van der Waals surface area contributed by atoms with Crippen molar-refractivity contribution in [3.63, 3.8) is 0 Å². The Labute approximate surface area is 71.0 Å². The summed E-state index contributed by atoms with van der Waals surface area (Å²) in [5.74, 6) is 0. The third kappa shape index (κ3) is 1.17. The molecule has 0 aliphatic carbocycles. The highest BCUT2D eigenvalue weighted by molar-refractivity contribution is 14.1. The van der Waals surface area contributed by atoms with Crippen LogP contribution in [0.25, 0.3) is 0 Å². The molecule has 0 radical (unpaired) electrons. The van der Waals surface area contributed by atoms with Crippen molar-refractivity contribution in [3.8, 4) is 0 Å². The van der Waals surface area contributed by atoms with E-state index in [0.717, 1.165) is 4.34 Å². The highest BCUT2D eigenvalue weighted by Crippen LogP contribution is 2.27.